The molecule has 4 rings (SSSR count). The largest absolute Gasteiger partial charge is 0.444 e. The number of amides is 1. The van der Waals surface area contributed by atoms with Gasteiger partial charge in [-0.3, -0.25) is 4.98 Å². The molecule has 0 aliphatic heterocycles. The highest BCUT2D eigenvalue weighted by atomic mass is 16.6. The molecule has 0 fully saturated rings. The Morgan fingerprint density at radius 3 is 2.43 bits per heavy atom. The molecule has 2 aromatic heterocycles. The van der Waals surface area contributed by atoms with Gasteiger partial charge >= 0.3 is 6.09 Å². The van der Waals surface area contributed by atoms with Crippen molar-refractivity contribution in [2.45, 2.75) is 60.1 Å². The lowest BCUT2D eigenvalue weighted by atomic mass is 9.90. The highest BCUT2D eigenvalue weighted by Crippen LogP contribution is 2.36. The molecule has 0 radical (unpaired) electrons. The number of pyridine rings is 1. The SMILES string of the molecule is Cc1ccc(-c2c(CNC(=O)OC(C)(C)C)c(CC(C)C)nc3ccc(-c4nn[nH]n4)cc23)cc1. The Morgan fingerprint density at radius 1 is 1.09 bits per heavy atom. The third-order valence-electron chi connectivity index (χ3n) is 5.53. The van der Waals surface area contributed by atoms with Crippen molar-refractivity contribution in [3.8, 4) is 22.5 Å². The Bertz CT molecular complexity index is 1320. The molecule has 0 aliphatic rings. The van der Waals surface area contributed by atoms with Gasteiger partial charge in [-0.1, -0.05) is 43.7 Å². The van der Waals surface area contributed by atoms with Gasteiger partial charge in [-0.05, 0) is 74.6 Å². The molecule has 182 valence electrons. The van der Waals surface area contributed by atoms with Crippen LogP contribution in [0, 0.1) is 12.8 Å². The van der Waals surface area contributed by atoms with E-state index in [4.69, 9.17) is 9.72 Å². The molecule has 0 aliphatic carbocycles. The van der Waals surface area contributed by atoms with Crippen molar-refractivity contribution in [1.82, 2.24) is 30.9 Å². The van der Waals surface area contributed by atoms with Crippen molar-refractivity contribution < 1.29 is 9.53 Å². The molecule has 0 bridgehead atoms. The fraction of sp³-hybridized carbons (Fsp3) is 0.370. The molecule has 4 aromatic rings. The van der Waals surface area contributed by atoms with Gasteiger partial charge in [0.2, 0.25) is 5.82 Å². The smallest absolute Gasteiger partial charge is 0.407 e. The maximum atomic E-state index is 12.6. The zero-order chi connectivity index (χ0) is 25.2. The molecule has 2 heterocycles. The molecule has 8 heteroatoms. The van der Waals surface area contributed by atoms with Crippen molar-refractivity contribution in [3.63, 3.8) is 0 Å². The molecule has 0 unspecified atom stereocenters. The molecule has 0 saturated carbocycles. The van der Waals surface area contributed by atoms with E-state index in [1.165, 1.54) is 5.56 Å². The normalized spacial score (nSPS) is 11.7. The molecule has 0 atom stereocenters. The summed E-state index contributed by atoms with van der Waals surface area (Å²) in [4.78, 5) is 17.6. The van der Waals surface area contributed by atoms with Crippen LogP contribution in [0.5, 0.6) is 0 Å². The fourth-order valence-corrected chi connectivity index (χ4v) is 4.05. The van der Waals surface area contributed by atoms with E-state index in [1.54, 1.807) is 0 Å². The van der Waals surface area contributed by atoms with E-state index in [9.17, 15) is 4.79 Å². The number of nitrogens with one attached hydrogen (secondary N) is 2. The number of aryl methyl sites for hydroxylation is 1. The number of tetrazole rings is 1. The second-order valence-corrected chi connectivity index (χ2v) is 10.2. The summed E-state index contributed by atoms with van der Waals surface area (Å²) in [5.74, 6) is 0.908. The lowest BCUT2D eigenvalue weighted by Crippen LogP contribution is -2.32. The molecular formula is C27H32N6O2. The van der Waals surface area contributed by atoms with Crippen LogP contribution < -0.4 is 5.32 Å². The van der Waals surface area contributed by atoms with Crippen molar-refractivity contribution in [2.75, 3.05) is 0 Å². The van der Waals surface area contributed by atoms with E-state index in [1.807, 2.05) is 39.0 Å². The summed E-state index contributed by atoms with van der Waals surface area (Å²) in [7, 11) is 0. The first-order chi connectivity index (χ1) is 16.6. The Hall–Kier alpha value is -3.81. The topological polar surface area (TPSA) is 106 Å². The molecular weight excluding hydrogens is 440 g/mol. The maximum Gasteiger partial charge on any atom is 0.407 e. The van der Waals surface area contributed by atoms with Crippen LogP contribution in [-0.4, -0.2) is 37.3 Å². The number of aromatic amines is 1. The number of H-pyrrole nitrogens is 1. The van der Waals surface area contributed by atoms with Crippen molar-refractivity contribution >= 4 is 17.0 Å². The Balaban J connectivity index is 1.92. The van der Waals surface area contributed by atoms with Gasteiger partial charge in [0.05, 0.1) is 5.52 Å². The van der Waals surface area contributed by atoms with Crippen molar-refractivity contribution in [2.24, 2.45) is 5.92 Å². The molecule has 35 heavy (non-hydrogen) atoms. The van der Waals surface area contributed by atoms with Crippen molar-refractivity contribution in [1.29, 1.82) is 0 Å². The number of hydrogen-bond acceptors (Lipinski definition) is 6. The van der Waals surface area contributed by atoms with E-state index < -0.39 is 11.7 Å². The molecule has 2 aromatic carbocycles. The summed E-state index contributed by atoms with van der Waals surface area (Å²) in [6.07, 6.45) is 0.329. The summed E-state index contributed by atoms with van der Waals surface area (Å²) in [6.45, 7) is 12.3. The van der Waals surface area contributed by atoms with Gasteiger partial charge in [0.25, 0.3) is 0 Å². The first-order valence-electron chi connectivity index (χ1n) is 11.8. The predicted octanol–water partition coefficient (Wildman–Crippen LogP) is 5.61. The number of nitrogens with zero attached hydrogens (tertiary/aromatic N) is 4. The monoisotopic (exact) mass is 472 g/mol. The number of fused-ring (bicyclic) bond motifs is 1. The molecule has 2 N–H and O–H groups in total. The molecule has 8 nitrogen and oxygen atoms in total. The summed E-state index contributed by atoms with van der Waals surface area (Å²) in [5.41, 5.74) is 6.35. The van der Waals surface area contributed by atoms with Gasteiger partial charge in [-0.15, -0.1) is 10.2 Å². The van der Waals surface area contributed by atoms with Crippen LogP contribution in [0.2, 0.25) is 0 Å². The number of rotatable bonds is 6. The quantitative estimate of drug-likeness (QED) is 0.378. The summed E-state index contributed by atoms with van der Waals surface area (Å²) in [6, 6.07) is 14.4. The van der Waals surface area contributed by atoms with Gasteiger partial charge in [-0.25, -0.2) is 4.79 Å². The van der Waals surface area contributed by atoms with Crippen LogP contribution in [0.15, 0.2) is 42.5 Å². The second-order valence-electron chi connectivity index (χ2n) is 10.2. The van der Waals surface area contributed by atoms with Crippen LogP contribution in [-0.2, 0) is 17.7 Å². The zero-order valence-corrected chi connectivity index (χ0v) is 21.1. The zero-order valence-electron chi connectivity index (χ0n) is 21.1. The first-order valence-corrected chi connectivity index (χ1v) is 11.8. The van der Waals surface area contributed by atoms with E-state index in [0.717, 1.165) is 45.3 Å². The third kappa shape index (κ3) is 5.82. The highest BCUT2D eigenvalue weighted by Gasteiger charge is 2.21. The molecule has 1 amide bonds. The lowest BCUT2D eigenvalue weighted by Gasteiger charge is -2.22. The minimum atomic E-state index is -0.578. The number of aromatic nitrogens is 5. The Morgan fingerprint density at radius 2 is 1.80 bits per heavy atom. The van der Waals surface area contributed by atoms with Crippen LogP contribution >= 0.6 is 0 Å². The summed E-state index contributed by atoms with van der Waals surface area (Å²) in [5, 5.41) is 18.4. The third-order valence-corrected chi connectivity index (χ3v) is 5.53. The van der Waals surface area contributed by atoms with Gasteiger partial charge < -0.3 is 10.1 Å². The average Bonchev–Trinajstić information content (AvgIpc) is 3.31. The van der Waals surface area contributed by atoms with Gasteiger partial charge in [0.15, 0.2) is 0 Å². The number of carbonyl (C=O) groups is 1. The highest BCUT2D eigenvalue weighted by molar-refractivity contribution is 5.98. The Labute approximate surface area is 205 Å². The van der Waals surface area contributed by atoms with Crippen molar-refractivity contribution in [3.05, 3.63) is 59.3 Å². The summed E-state index contributed by atoms with van der Waals surface area (Å²) < 4.78 is 5.50. The molecule has 0 saturated heterocycles. The molecule has 0 spiro atoms. The minimum Gasteiger partial charge on any atom is -0.444 e. The summed E-state index contributed by atoms with van der Waals surface area (Å²) >= 11 is 0. The van der Waals surface area contributed by atoms with Gasteiger partial charge in [-0.2, -0.15) is 5.21 Å². The number of carbonyl (C=O) groups excluding carboxylic acids is 1. The second kappa shape index (κ2) is 9.82. The first kappa shape index (κ1) is 24.3. The lowest BCUT2D eigenvalue weighted by molar-refractivity contribution is 0.0523. The number of hydrogen-bond donors (Lipinski definition) is 2. The van der Waals surface area contributed by atoms with Crippen LogP contribution in [0.4, 0.5) is 4.79 Å². The average molecular weight is 473 g/mol. The standard InChI is InChI=1S/C27H32N6O2/c1-16(2)13-23-21(15-28-26(34)35-27(4,5)6)24(18-9-7-17(3)8-10-18)20-14-19(11-12-22(20)29-23)25-30-32-33-31-25/h7-12,14,16H,13,15H2,1-6H3,(H,28,34)(H,30,31,32,33). The number of ether oxygens (including phenoxy) is 1. The number of benzene rings is 2. The minimum absolute atomic E-state index is 0.301. The van der Waals surface area contributed by atoms with Crippen LogP contribution in [0.3, 0.4) is 0 Å². The van der Waals surface area contributed by atoms with Gasteiger partial charge in [0, 0.05) is 28.8 Å². The van der Waals surface area contributed by atoms with E-state index >= 15 is 0 Å². The van der Waals surface area contributed by atoms with E-state index in [2.05, 4.69) is 71.0 Å². The predicted molar refractivity (Wildman–Crippen MR) is 137 cm³/mol. The Kier molecular flexibility index (Phi) is 6.82. The van der Waals surface area contributed by atoms with E-state index in [0.29, 0.717) is 18.3 Å². The van der Waals surface area contributed by atoms with Gasteiger partial charge in [0.1, 0.15) is 5.60 Å². The van der Waals surface area contributed by atoms with Crippen LogP contribution in [0.1, 0.15) is 51.4 Å². The maximum absolute atomic E-state index is 12.6. The van der Waals surface area contributed by atoms with Crippen LogP contribution in [0.25, 0.3) is 33.4 Å². The van der Waals surface area contributed by atoms with E-state index in [-0.39, 0.29) is 0 Å². The number of alkyl carbamates (subject to hydrolysis) is 1. The fourth-order valence-electron chi connectivity index (χ4n) is 4.05.